The first kappa shape index (κ1) is 23.9. The molecular weight excluding hydrogens is 442 g/mol. The van der Waals surface area contributed by atoms with Crippen LogP contribution >= 0.6 is 0 Å². The van der Waals surface area contributed by atoms with Crippen LogP contribution in [-0.2, 0) is 41.1 Å². The highest BCUT2D eigenvalue weighted by Gasteiger charge is 2.44. The summed E-state index contributed by atoms with van der Waals surface area (Å²) < 4.78 is 31.2. The third-order valence-corrected chi connectivity index (χ3v) is 5.89. The highest BCUT2D eigenvalue weighted by atomic mass is 32.2. The number of nitrogen functional groups attached to an aromatic ring is 1. The molecular formula is C19H27N5O7S. The average Bonchev–Trinajstić information content (AvgIpc) is 3.21. The topological polar surface area (TPSA) is 158 Å². The fourth-order valence-corrected chi connectivity index (χ4v) is 4.26. The Kier molecular flexibility index (Phi) is 7.29. The second kappa shape index (κ2) is 9.77. The zero-order chi connectivity index (χ0) is 23.6. The maximum absolute atomic E-state index is 13.4. The van der Waals surface area contributed by atoms with Gasteiger partial charge < -0.3 is 19.9 Å². The molecule has 12 nitrogen and oxygen atoms in total. The van der Waals surface area contributed by atoms with Gasteiger partial charge in [0.1, 0.15) is 23.8 Å². The molecule has 5 atom stereocenters. The number of hydrogen-bond acceptors (Lipinski definition) is 10. The number of carbonyl (C=O) groups excluding carboxylic acids is 2. The molecule has 0 bridgehead atoms. The maximum Gasteiger partial charge on any atom is 0.332 e. The highest BCUT2D eigenvalue weighted by Crippen LogP contribution is 2.35. The minimum absolute atomic E-state index is 0.0487. The number of aromatic nitrogens is 4. The largest absolute Gasteiger partial charge is 0.460 e. The summed E-state index contributed by atoms with van der Waals surface area (Å²) in [4.78, 5) is 44.8. The summed E-state index contributed by atoms with van der Waals surface area (Å²) in [7, 11) is -1.13. The van der Waals surface area contributed by atoms with Crippen LogP contribution in [0, 0.1) is 0 Å². The molecule has 3 heterocycles. The molecule has 1 aliphatic rings. The number of aryl methyl sites for hydroxylation is 1. The van der Waals surface area contributed by atoms with Crippen molar-refractivity contribution in [2.24, 2.45) is 0 Å². The summed E-state index contributed by atoms with van der Waals surface area (Å²) >= 11 is 0. The lowest BCUT2D eigenvalue weighted by Crippen LogP contribution is -2.34. The Morgan fingerprint density at radius 3 is 2.69 bits per heavy atom. The number of esters is 2. The molecule has 0 aromatic carbocycles. The number of nitrogens with two attached hydrogens (primary N) is 1. The Balaban J connectivity index is 2.09. The van der Waals surface area contributed by atoms with E-state index in [0.717, 1.165) is 0 Å². The zero-order valence-electron chi connectivity index (χ0n) is 18.3. The first-order valence-electron chi connectivity index (χ1n) is 10.2. The molecule has 1 saturated heterocycles. The molecule has 0 radical (unpaired) electrons. The number of carbonyl (C=O) groups is 2. The molecule has 0 saturated carbocycles. The monoisotopic (exact) mass is 469 g/mol. The molecule has 1 fully saturated rings. The molecule has 0 aliphatic carbocycles. The van der Waals surface area contributed by atoms with Crippen LogP contribution in [0.2, 0.25) is 0 Å². The van der Waals surface area contributed by atoms with E-state index >= 15 is 0 Å². The van der Waals surface area contributed by atoms with Gasteiger partial charge in [0.15, 0.2) is 11.9 Å². The van der Waals surface area contributed by atoms with E-state index < -0.39 is 53.0 Å². The van der Waals surface area contributed by atoms with Crippen molar-refractivity contribution >= 4 is 39.9 Å². The number of ether oxygens (including phenoxy) is 3. The quantitative estimate of drug-likeness (QED) is 0.526. The standard InChI is InChI=1S/C19H27N5O7S/c1-5-13(29-10(2)25)14-8-15(30-11(3)26)17(31-14)24-16-12(9-21-18(20)22-16)23(19(24)27)6-7-32(4)28/h9,13-15,17H,5-8H2,1-4H3,(H2,20,21,22)/t13-,14-,15+,17+,32?/m0/s1. The van der Waals surface area contributed by atoms with E-state index in [0.29, 0.717) is 11.9 Å². The molecule has 1 aliphatic heterocycles. The molecule has 3 rings (SSSR count). The molecule has 0 amide bonds. The van der Waals surface area contributed by atoms with E-state index in [2.05, 4.69) is 9.97 Å². The summed E-state index contributed by atoms with van der Waals surface area (Å²) in [5.41, 5.74) is 5.86. The first-order valence-corrected chi connectivity index (χ1v) is 11.9. The van der Waals surface area contributed by atoms with Gasteiger partial charge in [-0.3, -0.25) is 18.4 Å². The van der Waals surface area contributed by atoms with Gasteiger partial charge in [0.25, 0.3) is 0 Å². The summed E-state index contributed by atoms with van der Waals surface area (Å²) in [5.74, 6) is -0.811. The fraction of sp³-hybridized carbons (Fsp3) is 0.632. The lowest BCUT2D eigenvalue weighted by atomic mass is 10.1. The van der Waals surface area contributed by atoms with Gasteiger partial charge in [-0.05, 0) is 6.42 Å². The number of nitrogens with zero attached hydrogens (tertiary/aromatic N) is 4. The van der Waals surface area contributed by atoms with E-state index in [-0.39, 0.29) is 30.3 Å². The Labute approximate surface area is 186 Å². The van der Waals surface area contributed by atoms with E-state index in [1.165, 1.54) is 29.2 Å². The van der Waals surface area contributed by atoms with Gasteiger partial charge in [-0.1, -0.05) is 6.92 Å². The third-order valence-electron chi connectivity index (χ3n) is 5.13. The van der Waals surface area contributed by atoms with E-state index in [9.17, 15) is 18.6 Å². The highest BCUT2D eigenvalue weighted by molar-refractivity contribution is 7.84. The van der Waals surface area contributed by atoms with Gasteiger partial charge in [-0.15, -0.1) is 0 Å². The number of hydrogen-bond donors (Lipinski definition) is 1. The normalized spacial score (nSPS) is 22.6. The van der Waals surface area contributed by atoms with E-state index in [4.69, 9.17) is 19.9 Å². The molecule has 0 spiro atoms. The minimum atomic E-state index is -1.13. The summed E-state index contributed by atoms with van der Waals surface area (Å²) in [6, 6.07) is 0. The molecule has 2 aromatic heterocycles. The van der Waals surface area contributed by atoms with Gasteiger partial charge >= 0.3 is 17.6 Å². The van der Waals surface area contributed by atoms with Crippen LogP contribution in [0.5, 0.6) is 0 Å². The predicted octanol–water partition coefficient (Wildman–Crippen LogP) is 0.115. The molecule has 176 valence electrons. The number of imidazole rings is 1. The van der Waals surface area contributed by atoms with Crippen molar-refractivity contribution in [1.29, 1.82) is 0 Å². The lowest BCUT2D eigenvalue weighted by Gasteiger charge is -2.22. The molecule has 1 unspecified atom stereocenters. The Morgan fingerprint density at radius 2 is 2.09 bits per heavy atom. The van der Waals surface area contributed by atoms with Gasteiger partial charge in [-0.25, -0.2) is 14.3 Å². The van der Waals surface area contributed by atoms with Crippen molar-refractivity contribution in [3.8, 4) is 0 Å². The number of fused-ring (bicyclic) bond motifs is 1. The molecule has 32 heavy (non-hydrogen) atoms. The fourth-order valence-electron chi connectivity index (χ4n) is 3.83. The van der Waals surface area contributed by atoms with Gasteiger partial charge in [0.2, 0.25) is 5.95 Å². The van der Waals surface area contributed by atoms with Crippen molar-refractivity contribution in [2.75, 3.05) is 17.7 Å². The zero-order valence-corrected chi connectivity index (χ0v) is 19.2. The van der Waals surface area contributed by atoms with Crippen molar-refractivity contribution < 1.29 is 28.0 Å². The van der Waals surface area contributed by atoms with Crippen molar-refractivity contribution in [3.63, 3.8) is 0 Å². The Hall–Kier alpha value is -2.80. The average molecular weight is 470 g/mol. The van der Waals surface area contributed by atoms with E-state index in [1.807, 2.05) is 6.92 Å². The number of rotatable bonds is 8. The SMILES string of the molecule is CC[C@H](OC(C)=O)[C@@H]1C[C@@H](OC(C)=O)[C@H](n2c(=O)n(CCS(C)=O)c3cnc(N)nc32)O1. The smallest absolute Gasteiger partial charge is 0.332 e. The molecule has 2 N–H and O–H groups in total. The van der Waals surface area contributed by atoms with Crippen LogP contribution in [0.4, 0.5) is 5.95 Å². The third kappa shape index (κ3) is 4.99. The minimum Gasteiger partial charge on any atom is -0.460 e. The van der Waals surface area contributed by atoms with E-state index in [1.54, 1.807) is 6.26 Å². The van der Waals surface area contributed by atoms with Crippen LogP contribution in [0.15, 0.2) is 11.0 Å². The Bertz CT molecular complexity index is 1100. The van der Waals surface area contributed by atoms with Gasteiger partial charge in [-0.2, -0.15) is 4.98 Å². The predicted molar refractivity (Wildman–Crippen MR) is 115 cm³/mol. The second-order valence-electron chi connectivity index (χ2n) is 7.52. The second-order valence-corrected chi connectivity index (χ2v) is 9.08. The van der Waals surface area contributed by atoms with Crippen LogP contribution in [0.1, 0.15) is 39.8 Å². The van der Waals surface area contributed by atoms with Crippen molar-refractivity contribution in [1.82, 2.24) is 19.1 Å². The summed E-state index contributed by atoms with van der Waals surface area (Å²) in [6.07, 6.45) is 0.607. The van der Waals surface area contributed by atoms with Gasteiger partial charge in [0, 0.05) is 49.6 Å². The summed E-state index contributed by atoms with van der Waals surface area (Å²) in [5, 5.41) is 0. The van der Waals surface area contributed by atoms with Gasteiger partial charge in [0.05, 0.1) is 6.20 Å². The number of anilines is 1. The van der Waals surface area contributed by atoms with Crippen LogP contribution < -0.4 is 11.4 Å². The molecule has 13 heteroatoms. The van der Waals surface area contributed by atoms with Crippen LogP contribution in [0.3, 0.4) is 0 Å². The van der Waals surface area contributed by atoms with Crippen LogP contribution in [0.25, 0.3) is 11.2 Å². The van der Waals surface area contributed by atoms with Crippen molar-refractivity contribution in [3.05, 3.63) is 16.7 Å². The Morgan fingerprint density at radius 1 is 1.38 bits per heavy atom. The first-order chi connectivity index (χ1) is 15.1. The summed E-state index contributed by atoms with van der Waals surface area (Å²) in [6.45, 7) is 4.56. The maximum atomic E-state index is 13.4. The van der Waals surface area contributed by atoms with Crippen LogP contribution in [-0.4, -0.2) is 65.6 Å². The lowest BCUT2D eigenvalue weighted by molar-refractivity contribution is -0.158. The molecule has 2 aromatic rings. The van der Waals surface area contributed by atoms with Crippen molar-refractivity contribution in [2.45, 2.75) is 64.7 Å².